The van der Waals surface area contributed by atoms with Crippen LogP contribution in [0.2, 0.25) is 0 Å². The number of nitrogens with two attached hydrogens (primary N) is 1. The van der Waals surface area contributed by atoms with E-state index in [1.54, 1.807) is 0 Å². The average Bonchev–Trinajstić information content (AvgIpc) is 3.38. The molecule has 3 rings (SSSR count). The van der Waals surface area contributed by atoms with Crippen LogP contribution in [0.4, 0.5) is 0 Å². The van der Waals surface area contributed by atoms with Crippen molar-refractivity contribution < 1.29 is 9.21 Å². The quantitative estimate of drug-likeness (QED) is 0.446. The third-order valence-electron chi connectivity index (χ3n) is 4.41. The van der Waals surface area contributed by atoms with Crippen molar-refractivity contribution >= 4 is 17.4 Å². The predicted molar refractivity (Wildman–Crippen MR) is 106 cm³/mol. The average molecular weight is 364 g/mol. The van der Waals surface area contributed by atoms with Crippen molar-refractivity contribution in [3.05, 3.63) is 71.5 Å². The zero-order valence-electron chi connectivity index (χ0n) is 15.7. The second-order valence-corrected chi connectivity index (χ2v) is 6.86. The van der Waals surface area contributed by atoms with Crippen LogP contribution >= 0.6 is 0 Å². The van der Waals surface area contributed by atoms with E-state index < -0.39 is 0 Å². The minimum Gasteiger partial charge on any atom is -0.443 e. The van der Waals surface area contributed by atoms with Crippen molar-refractivity contribution in [1.29, 1.82) is 0 Å². The third kappa shape index (κ3) is 4.73. The van der Waals surface area contributed by atoms with E-state index in [0.29, 0.717) is 18.1 Å². The molecule has 1 heterocycles. The van der Waals surface area contributed by atoms with Gasteiger partial charge in [0.15, 0.2) is 0 Å². The first-order valence-electron chi connectivity index (χ1n) is 8.93. The molecular weight excluding hydrogens is 340 g/mol. The summed E-state index contributed by atoms with van der Waals surface area (Å²) >= 11 is 0. The summed E-state index contributed by atoms with van der Waals surface area (Å²) in [6.07, 6.45) is 5.53. The number of carbonyl (C=O) groups is 1. The minimum absolute atomic E-state index is 0.0333. The molecule has 6 nitrogen and oxygen atoms in total. The van der Waals surface area contributed by atoms with E-state index >= 15 is 0 Å². The summed E-state index contributed by atoms with van der Waals surface area (Å²) in [4.78, 5) is 20.7. The van der Waals surface area contributed by atoms with E-state index in [-0.39, 0.29) is 17.3 Å². The van der Waals surface area contributed by atoms with Crippen molar-refractivity contribution in [2.75, 3.05) is 0 Å². The van der Waals surface area contributed by atoms with Gasteiger partial charge in [-0.05, 0) is 49.3 Å². The molecule has 3 N–H and O–H groups in total. The molecule has 1 aliphatic rings. The Morgan fingerprint density at radius 1 is 1.33 bits per heavy atom. The monoisotopic (exact) mass is 364 g/mol. The molecule has 1 saturated carbocycles. The van der Waals surface area contributed by atoms with E-state index in [0.717, 1.165) is 17.1 Å². The maximum absolute atomic E-state index is 12.4. The van der Waals surface area contributed by atoms with Gasteiger partial charge in [0.05, 0.1) is 11.8 Å². The minimum atomic E-state index is -0.358. The molecule has 0 unspecified atom stereocenters. The van der Waals surface area contributed by atoms with Crippen molar-refractivity contribution in [2.24, 2.45) is 10.7 Å². The number of allylic oxidation sites excluding steroid dienone is 1. The highest BCUT2D eigenvalue weighted by molar-refractivity contribution is 6.20. The van der Waals surface area contributed by atoms with Gasteiger partial charge in [0.25, 0.3) is 5.91 Å². The fourth-order valence-electron chi connectivity index (χ4n) is 2.63. The first-order valence-corrected chi connectivity index (χ1v) is 8.93. The lowest BCUT2D eigenvalue weighted by atomic mass is 10.1. The SMILES string of the molecule is C=C(C(=O)NCc1ccc(C2CC2)cc1)C(N)=NC(=C(C)C)c1ncco1. The Labute approximate surface area is 158 Å². The fraction of sp³-hybridized carbons (Fsp3) is 0.286. The van der Waals surface area contributed by atoms with E-state index in [1.807, 2.05) is 26.0 Å². The highest BCUT2D eigenvalue weighted by Crippen LogP contribution is 2.39. The predicted octanol–water partition coefficient (Wildman–Crippen LogP) is 3.53. The van der Waals surface area contributed by atoms with Gasteiger partial charge in [0.1, 0.15) is 17.8 Å². The molecule has 0 spiro atoms. The molecule has 1 aromatic heterocycles. The summed E-state index contributed by atoms with van der Waals surface area (Å²) in [5.41, 5.74) is 9.83. The van der Waals surface area contributed by atoms with Gasteiger partial charge in [-0.15, -0.1) is 0 Å². The number of hydrogen-bond donors (Lipinski definition) is 2. The zero-order valence-corrected chi connectivity index (χ0v) is 15.7. The molecule has 0 saturated heterocycles. The van der Waals surface area contributed by atoms with Crippen molar-refractivity contribution in [3.63, 3.8) is 0 Å². The number of hydrogen-bond acceptors (Lipinski definition) is 4. The van der Waals surface area contributed by atoms with Crippen molar-refractivity contribution in [1.82, 2.24) is 10.3 Å². The molecule has 1 aliphatic carbocycles. The molecule has 0 radical (unpaired) electrons. The lowest BCUT2D eigenvalue weighted by Gasteiger charge is -2.09. The summed E-state index contributed by atoms with van der Waals surface area (Å²) in [6, 6.07) is 8.33. The maximum atomic E-state index is 12.4. The number of oxazole rings is 1. The summed E-state index contributed by atoms with van der Waals surface area (Å²) in [6.45, 7) is 7.90. The summed E-state index contributed by atoms with van der Waals surface area (Å²) in [7, 11) is 0. The number of nitrogens with zero attached hydrogens (tertiary/aromatic N) is 2. The smallest absolute Gasteiger partial charge is 0.254 e. The van der Waals surface area contributed by atoms with Crippen LogP contribution in [-0.2, 0) is 11.3 Å². The Hall–Kier alpha value is -3.15. The molecule has 1 fully saturated rings. The van der Waals surface area contributed by atoms with Gasteiger partial charge in [-0.2, -0.15) is 0 Å². The van der Waals surface area contributed by atoms with Crippen LogP contribution in [0, 0.1) is 0 Å². The standard InChI is InChI=1S/C21H24N4O2/c1-13(2)18(21-23-10-11-27-21)25-19(22)14(3)20(26)24-12-15-4-6-16(7-5-15)17-8-9-17/h4-7,10-11,17H,3,8-9,12H2,1-2H3,(H2,22,25)(H,24,26). The number of aliphatic imine (C=N–C) groups is 1. The summed E-state index contributed by atoms with van der Waals surface area (Å²) in [5.74, 6) is 0.744. The third-order valence-corrected chi connectivity index (χ3v) is 4.41. The van der Waals surface area contributed by atoms with E-state index in [1.165, 1.54) is 30.9 Å². The van der Waals surface area contributed by atoms with Gasteiger partial charge in [0.2, 0.25) is 5.89 Å². The fourth-order valence-corrected chi connectivity index (χ4v) is 2.63. The summed E-state index contributed by atoms with van der Waals surface area (Å²) in [5, 5.41) is 2.83. The highest BCUT2D eigenvalue weighted by atomic mass is 16.3. The molecule has 0 atom stereocenters. The van der Waals surface area contributed by atoms with Gasteiger partial charge in [0, 0.05) is 6.54 Å². The lowest BCUT2D eigenvalue weighted by molar-refractivity contribution is -0.117. The van der Waals surface area contributed by atoms with E-state index in [2.05, 4.69) is 34.0 Å². The Bertz CT molecular complexity index is 885. The van der Waals surface area contributed by atoms with Crippen LogP contribution in [0.15, 0.2) is 63.9 Å². The van der Waals surface area contributed by atoms with E-state index in [9.17, 15) is 4.79 Å². The Balaban J connectivity index is 1.61. The van der Waals surface area contributed by atoms with Gasteiger partial charge < -0.3 is 15.5 Å². The number of amides is 1. The molecule has 1 aromatic carbocycles. The highest BCUT2D eigenvalue weighted by Gasteiger charge is 2.23. The number of carbonyl (C=O) groups excluding carboxylic acids is 1. The molecule has 2 aromatic rings. The summed E-state index contributed by atoms with van der Waals surface area (Å²) < 4.78 is 5.27. The van der Waals surface area contributed by atoms with Crippen LogP contribution < -0.4 is 11.1 Å². The lowest BCUT2D eigenvalue weighted by Crippen LogP contribution is -2.30. The van der Waals surface area contributed by atoms with Crippen molar-refractivity contribution in [2.45, 2.75) is 39.2 Å². The van der Waals surface area contributed by atoms with Gasteiger partial charge in [-0.25, -0.2) is 9.98 Å². The second kappa shape index (κ2) is 8.03. The first kappa shape index (κ1) is 18.6. The van der Waals surface area contributed by atoms with Crippen LogP contribution in [0.5, 0.6) is 0 Å². The Morgan fingerprint density at radius 3 is 2.59 bits per heavy atom. The Kier molecular flexibility index (Phi) is 5.54. The normalized spacial score (nSPS) is 13.9. The van der Waals surface area contributed by atoms with Crippen LogP contribution in [0.1, 0.15) is 49.6 Å². The van der Waals surface area contributed by atoms with Crippen LogP contribution in [0.25, 0.3) is 5.70 Å². The van der Waals surface area contributed by atoms with Gasteiger partial charge in [-0.3, -0.25) is 4.79 Å². The maximum Gasteiger partial charge on any atom is 0.254 e. The molecule has 27 heavy (non-hydrogen) atoms. The molecule has 140 valence electrons. The molecule has 6 heteroatoms. The number of benzene rings is 1. The van der Waals surface area contributed by atoms with Crippen LogP contribution in [-0.4, -0.2) is 16.7 Å². The molecule has 0 aliphatic heterocycles. The van der Waals surface area contributed by atoms with E-state index in [4.69, 9.17) is 10.2 Å². The Morgan fingerprint density at radius 2 is 2.04 bits per heavy atom. The van der Waals surface area contributed by atoms with Gasteiger partial charge in [-0.1, -0.05) is 30.8 Å². The number of nitrogens with one attached hydrogen (secondary N) is 1. The number of rotatable bonds is 7. The second-order valence-electron chi connectivity index (χ2n) is 6.86. The van der Waals surface area contributed by atoms with Crippen molar-refractivity contribution in [3.8, 4) is 0 Å². The van der Waals surface area contributed by atoms with Crippen LogP contribution in [0.3, 0.4) is 0 Å². The number of amidine groups is 1. The molecule has 0 bridgehead atoms. The van der Waals surface area contributed by atoms with Gasteiger partial charge >= 0.3 is 0 Å². The number of aromatic nitrogens is 1. The molecule has 1 amide bonds. The molecular formula is C21H24N4O2. The zero-order chi connectivity index (χ0) is 19.4. The topological polar surface area (TPSA) is 93.5 Å². The first-order chi connectivity index (χ1) is 13.0. The largest absolute Gasteiger partial charge is 0.443 e.